The van der Waals surface area contributed by atoms with Crippen molar-refractivity contribution in [3.8, 4) is 0 Å². The Labute approximate surface area is 458 Å². The maximum absolute atomic E-state index is 12.4. The molecule has 0 aromatic heterocycles. The van der Waals surface area contributed by atoms with Crippen molar-refractivity contribution in [2.75, 3.05) is 72.5 Å². The third-order valence-corrected chi connectivity index (χ3v) is 12.1. The number of ether oxygens (including phenoxy) is 4. The average molecular weight is 1120 g/mol. The minimum Gasteiger partial charge on any atom is -0.481 e. The third-order valence-electron chi connectivity index (χ3n) is 12.1. The molecule has 11 N–H and O–H groups in total. The van der Waals surface area contributed by atoms with Gasteiger partial charge in [-0.3, -0.25) is 33.6 Å². The normalized spacial score (nSPS) is 12.5. The van der Waals surface area contributed by atoms with Gasteiger partial charge in [0, 0.05) is 51.7 Å². The minimum absolute atomic E-state index is 0.0418. The Balaban J connectivity index is 3.95. The van der Waals surface area contributed by atoms with Crippen LogP contribution >= 0.6 is 0 Å². The van der Waals surface area contributed by atoms with Crippen molar-refractivity contribution in [2.45, 2.75) is 185 Å². The van der Waals surface area contributed by atoms with E-state index in [0.29, 0.717) is 32.2 Å². The quantitative estimate of drug-likeness (QED) is 0.0226. The molecule has 27 heteroatoms. The Hall–Kier alpha value is -5.77. The van der Waals surface area contributed by atoms with Gasteiger partial charge in [-0.25, -0.2) is 14.4 Å². The van der Waals surface area contributed by atoms with Crippen molar-refractivity contribution in [2.24, 2.45) is 0 Å². The summed E-state index contributed by atoms with van der Waals surface area (Å²) < 4.78 is 21.2. The molecule has 446 valence electrons. The lowest BCUT2D eigenvalue weighted by molar-refractivity contribution is -0.144. The number of carboxylic acids is 4. The molecule has 0 aromatic rings. The summed E-state index contributed by atoms with van der Waals surface area (Å²) in [5, 5.41) is 55.0. The number of amides is 6. The maximum Gasteiger partial charge on any atom is 0.326 e. The van der Waals surface area contributed by atoms with E-state index in [4.69, 9.17) is 24.1 Å². The fourth-order valence-corrected chi connectivity index (χ4v) is 7.57. The minimum atomic E-state index is -1.48. The second-order valence-electron chi connectivity index (χ2n) is 18.7. The number of carbonyl (C=O) groups excluding carboxylic acids is 7. The number of unbranched alkanes of at least 4 members (excludes halogenated alkanes) is 14. The molecule has 0 bridgehead atoms. The van der Waals surface area contributed by atoms with Crippen molar-refractivity contribution in [3.05, 3.63) is 0 Å². The number of carbonyl (C=O) groups is 11. The fraction of sp³-hybridized carbons (Fsp3) is 0.784. The number of aldehydes is 1. The summed E-state index contributed by atoms with van der Waals surface area (Å²) in [6.07, 6.45) is 16.6. The molecule has 0 heterocycles. The Morgan fingerprint density at radius 3 is 1.15 bits per heavy atom. The highest BCUT2D eigenvalue weighted by molar-refractivity contribution is 6.05. The number of hydrogen-bond acceptors (Lipinski definition) is 16. The van der Waals surface area contributed by atoms with Gasteiger partial charge in [-0.2, -0.15) is 0 Å². The fourth-order valence-electron chi connectivity index (χ4n) is 7.57. The molecule has 0 aliphatic carbocycles. The first kappa shape index (κ1) is 72.2. The van der Waals surface area contributed by atoms with Crippen LogP contribution in [0.3, 0.4) is 0 Å². The van der Waals surface area contributed by atoms with Crippen molar-refractivity contribution in [3.63, 3.8) is 0 Å². The van der Waals surface area contributed by atoms with Gasteiger partial charge in [-0.15, -0.1) is 0 Å². The molecule has 0 spiro atoms. The van der Waals surface area contributed by atoms with Gasteiger partial charge in [0.05, 0.1) is 45.7 Å². The van der Waals surface area contributed by atoms with Gasteiger partial charge < -0.3 is 81.3 Å². The molecule has 0 saturated heterocycles. The molecule has 0 radical (unpaired) electrons. The lowest BCUT2D eigenvalue weighted by Crippen LogP contribution is -2.45. The number of aliphatic carboxylic acids is 4. The second kappa shape index (κ2) is 49.5. The smallest absolute Gasteiger partial charge is 0.326 e. The third kappa shape index (κ3) is 45.3. The van der Waals surface area contributed by atoms with Crippen LogP contribution in [0.4, 0.5) is 0 Å². The van der Waals surface area contributed by atoms with E-state index >= 15 is 0 Å². The summed E-state index contributed by atoms with van der Waals surface area (Å²) in [6.45, 7) is 0.343. The van der Waals surface area contributed by atoms with Crippen molar-refractivity contribution < 1.29 is 92.1 Å². The van der Waals surface area contributed by atoms with Crippen LogP contribution in [0.2, 0.25) is 0 Å². The molecule has 6 amide bonds. The number of carboxylic acid groups (broad SMARTS) is 4. The summed E-state index contributed by atoms with van der Waals surface area (Å²) in [4.78, 5) is 130. The van der Waals surface area contributed by atoms with Crippen LogP contribution in [0.25, 0.3) is 0 Å². The van der Waals surface area contributed by atoms with Crippen LogP contribution < -0.4 is 37.1 Å². The molecular formula is C51H90BN7O19. The van der Waals surface area contributed by atoms with Gasteiger partial charge in [-0.05, 0) is 51.4 Å². The highest BCUT2D eigenvalue weighted by Crippen LogP contribution is 2.14. The summed E-state index contributed by atoms with van der Waals surface area (Å²) in [5.41, 5.74) is 0. The first-order valence-corrected chi connectivity index (χ1v) is 27.5. The Kier molecular flexibility index (Phi) is 45.9. The summed E-state index contributed by atoms with van der Waals surface area (Å²) >= 11 is 0. The van der Waals surface area contributed by atoms with Crippen molar-refractivity contribution in [1.82, 2.24) is 37.1 Å². The highest BCUT2D eigenvalue weighted by Gasteiger charge is 2.25. The van der Waals surface area contributed by atoms with E-state index in [0.717, 1.165) is 57.7 Å². The highest BCUT2D eigenvalue weighted by atomic mass is 16.5. The summed E-state index contributed by atoms with van der Waals surface area (Å²) in [7, 11) is 1.67. The predicted molar refractivity (Wildman–Crippen MR) is 286 cm³/mol. The van der Waals surface area contributed by atoms with Crippen molar-refractivity contribution in [1.29, 1.82) is 0 Å². The van der Waals surface area contributed by atoms with E-state index in [1.807, 2.05) is 0 Å². The zero-order valence-electron chi connectivity index (χ0n) is 45.8. The zero-order chi connectivity index (χ0) is 58.0. The molecule has 0 rings (SSSR count). The Bertz CT molecular complexity index is 1750. The number of rotatable bonds is 55. The van der Waals surface area contributed by atoms with Crippen LogP contribution in [-0.4, -0.2) is 191 Å². The molecule has 0 saturated carbocycles. The van der Waals surface area contributed by atoms with Gasteiger partial charge >= 0.3 is 23.9 Å². The maximum atomic E-state index is 12.4. The first-order chi connectivity index (χ1) is 37.5. The van der Waals surface area contributed by atoms with Crippen molar-refractivity contribution >= 4 is 73.6 Å². The zero-order valence-corrected chi connectivity index (χ0v) is 45.8. The largest absolute Gasteiger partial charge is 0.481 e. The van der Waals surface area contributed by atoms with Gasteiger partial charge in [0.25, 0.3) is 0 Å². The van der Waals surface area contributed by atoms with Crippen LogP contribution in [-0.2, 0) is 71.7 Å². The van der Waals surface area contributed by atoms with Crippen LogP contribution in [0.5, 0.6) is 0 Å². The van der Waals surface area contributed by atoms with Gasteiger partial charge in [0.1, 0.15) is 37.6 Å². The molecule has 0 aliphatic heterocycles. The van der Waals surface area contributed by atoms with Crippen LogP contribution in [0.1, 0.15) is 161 Å². The van der Waals surface area contributed by atoms with E-state index in [-0.39, 0.29) is 116 Å². The lowest BCUT2D eigenvalue weighted by Gasteiger charge is -2.17. The average Bonchev–Trinajstić information content (AvgIpc) is 3.39. The molecule has 0 fully saturated rings. The number of hydrogen-bond donors (Lipinski definition) is 11. The molecule has 2 unspecified atom stereocenters. The topological polar surface area (TPSA) is 390 Å². The standard InChI is InChI=1S/C51H90BN7O19/c52-59-38(35-60)17-15-16-26-53-42(61)23-20-40(50(71)72)57-45(64)25-22-41(51(73)74)58-47(66)37-78-34-32-76-30-28-55-46(65)36-77-33-31-75-29-27-54-43(62)24-21-39(49(69)70)56-44(63)18-13-11-9-7-5-3-1-2-4-6-8-10-12-14-19-48(67)68/h35,38-41,59H,1-34,36-37,52H2,(H,53,61)(H,54,62)(H,55,65)(H,56,63)(H,57,64)(H,58,66)(H,67,68)(H,69,70)(H,71,72)(H,73,74)/t38-,39?,40-,41?/m0/s1. The SMILES string of the molecule is BN[C@H](C=O)CCCCNC(=O)CC[C@H](NC(=O)CCC(NC(=O)COCCOCCNC(=O)COCCOCCNC(=O)CCC(NC(=O)CCCCCCCCCCCCCCCCC(=O)O)C(=O)O)C(=O)O)C(=O)O. The lowest BCUT2D eigenvalue weighted by atomic mass is 10.0. The summed E-state index contributed by atoms with van der Waals surface area (Å²) in [6, 6.07) is -4.33. The molecule has 0 aliphatic rings. The molecular weight excluding hydrogens is 1030 g/mol. The van der Waals surface area contributed by atoms with E-state index in [2.05, 4.69) is 37.1 Å². The molecule has 0 aromatic carbocycles. The van der Waals surface area contributed by atoms with E-state index in [1.54, 1.807) is 7.98 Å². The molecule has 4 atom stereocenters. The van der Waals surface area contributed by atoms with Gasteiger partial charge in [0.15, 0.2) is 7.98 Å². The van der Waals surface area contributed by atoms with Gasteiger partial charge in [0.2, 0.25) is 35.4 Å². The first-order valence-electron chi connectivity index (χ1n) is 27.5. The molecule has 26 nitrogen and oxygen atoms in total. The van der Waals surface area contributed by atoms with E-state index < -0.39 is 84.6 Å². The Morgan fingerprint density at radius 1 is 0.372 bits per heavy atom. The summed E-state index contributed by atoms with van der Waals surface area (Å²) in [5.74, 6) is -7.90. The Morgan fingerprint density at radius 2 is 0.731 bits per heavy atom. The second-order valence-corrected chi connectivity index (χ2v) is 18.7. The molecule has 78 heavy (non-hydrogen) atoms. The number of nitrogens with one attached hydrogen (secondary N) is 7. The van der Waals surface area contributed by atoms with E-state index in [9.17, 15) is 68.1 Å². The van der Waals surface area contributed by atoms with Crippen LogP contribution in [0, 0.1) is 0 Å². The van der Waals surface area contributed by atoms with Gasteiger partial charge in [-0.1, -0.05) is 77.0 Å². The predicted octanol–water partition coefficient (Wildman–Crippen LogP) is 0.652. The van der Waals surface area contributed by atoms with E-state index in [1.165, 1.54) is 32.1 Å². The van der Waals surface area contributed by atoms with Crippen LogP contribution in [0.15, 0.2) is 0 Å². The monoisotopic (exact) mass is 1120 g/mol.